The fourth-order valence-electron chi connectivity index (χ4n) is 2.78. The molecule has 2 aromatic carbocycles. The van der Waals surface area contributed by atoms with Gasteiger partial charge in [-0.25, -0.2) is 0 Å². The predicted molar refractivity (Wildman–Crippen MR) is 92.4 cm³/mol. The zero-order valence-electron chi connectivity index (χ0n) is 13.6. The van der Waals surface area contributed by atoms with Crippen LogP contribution in [0.1, 0.15) is 30.5 Å². The van der Waals surface area contributed by atoms with E-state index in [1.54, 1.807) is 13.2 Å². The van der Waals surface area contributed by atoms with E-state index in [4.69, 9.17) is 9.47 Å². The van der Waals surface area contributed by atoms with Crippen molar-refractivity contribution in [2.45, 2.75) is 19.4 Å². The highest BCUT2D eigenvalue weighted by atomic mass is 16.5. The van der Waals surface area contributed by atoms with Crippen LogP contribution in [0.4, 0.5) is 0 Å². The van der Waals surface area contributed by atoms with Gasteiger partial charge in [-0.05, 0) is 49.8 Å². The van der Waals surface area contributed by atoms with Crippen molar-refractivity contribution in [3.05, 3.63) is 71.8 Å². The standard InChI is InChI=1S/C20H20O3/c1-13(22-4)14-9-10-19-16(11-14)17(12-20(2,3)23-19)15-7-5-6-8-18(15)21/h5-12,21H,1H2,2-4H3. The van der Waals surface area contributed by atoms with Crippen LogP contribution in [0.2, 0.25) is 0 Å². The third-order valence-electron chi connectivity index (χ3n) is 3.90. The molecule has 0 saturated carbocycles. The summed E-state index contributed by atoms with van der Waals surface area (Å²) in [5.74, 6) is 1.62. The summed E-state index contributed by atoms with van der Waals surface area (Å²) in [5, 5.41) is 10.3. The monoisotopic (exact) mass is 308 g/mol. The summed E-state index contributed by atoms with van der Waals surface area (Å²) in [4.78, 5) is 0. The van der Waals surface area contributed by atoms with Gasteiger partial charge >= 0.3 is 0 Å². The molecule has 0 aromatic heterocycles. The van der Waals surface area contributed by atoms with Gasteiger partial charge < -0.3 is 14.6 Å². The van der Waals surface area contributed by atoms with E-state index in [0.29, 0.717) is 5.76 Å². The van der Waals surface area contributed by atoms with E-state index in [1.807, 2.05) is 56.3 Å². The number of phenolic OH excluding ortho intramolecular Hbond substituents is 1. The van der Waals surface area contributed by atoms with Crippen molar-refractivity contribution in [1.82, 2.24) is 0 Å². The fourth-order valence-corrected chi connectivity index (χ4v) is 2.78. The van der Waals surface area contributed by atoms with E-state index >= 15 is 0 Å². The number of aromatic hydroxyl groups is 1. The Morgan fingerprint density at radius 1 is 1.13 bits per heavy atom. The van der Waals surface area contributed by atoms with Crippen molar-refractivity contribution in [2.24, 2.45) is 0 Å². The Kier molecular flexibility index (Phi) is 3.64. The number of benzene rings is 2. The average molecular weight is 308 g/mol. The molecule has 23 heavy (non-hydrogen) atoms. The molecule has 3 heteroatoms. The second-order valence-corrected chi connectivity index (χ2v) is 6.12. The quantitative estimate of drug-likeness (QED) is 0.841. The first-order chi connectivity index (χ1) is 10.9. The number of ether oxygens (including phenoxy) is 2. The van der Waals surface area contributed by atoms with Crippen LogP contribution >= 0.6 is 0 Å². The maximum atomic E-state index is 10.3. The lowest BCUT2D eigenvalue weighted by Gasteiger charge is -2.31. The number of hydrogen-bond donors (Lipinski definition) is 1. The number of para-hydroxylation sites is 1. The van der Waals surface area contributed by atoms with E-state index < -0.39 is 5.60 Å². The number of rotatable bonds is 3. The van der Waals surface area contributed by atoms with Gasteiger partial charge in [-0.2, -0.15) is 0 Å². The van der Waals surface area contributed by atoms with Crippen molar-refractivity contribution < 1.29 is 14.6 Å². The van der Waals surface area contributed by atoms with Crippen molar-refractivity contribution >= 4 is 11.3 Å². The molecule has 0 saturated heterocycles. The van der Waals surface area contributed by atoms with Crippen LogP contribution in [0.25, 0.3) is 11.3 Å². The summed E-state index contributed by atoms with van der Waals surface area (Å²) in [6, 6.07) is 13.1. The maximum absolute atomic E-state index is 10.3. The minimum atomic E-state index is -0.454. The molecule has 0 atom stereocenters. The first kappa shape index (κ1) is 15.2. The van der Waals surface area contributed by atoms with Gasteiger partial charge in [0.2, 0.25) is 0 Å². The van der Waals surface area contributed by atoms with Gasteiger partial charge in [0.1, 0.15) is 22.9 Å². The van der Waals surface area contributed by atoms with Gasteiger partial charge in [0.25, 0.3) is 0 Å². The third-order valence-corrected chi connectivity index (χ3v) is 3.90. The Labute approximate surface area is 136 Å². The average Bonchev–Trinajstić information content (AvgIpc) is 2.52. The largest absolute Gasteiger partial charge is 0.507 e. The summed E-state index contributed by atoms with van der Waals surface area (Å²) < 4.78 is 11.3. The molecule has 0 spiro atoms. The van der Waals surface area contributed by atoms with Crippen LogP contribution < -0.4 is 4.74 Å². The second kappa shape index (κ2) is 5.51. The molecule has 3 nitrogen and oxygen atoms in total. The van der Waals surface area contributed by atoms with Gasteiger partial charge in [0.05, 0.1) is 7.11 Å². The van der Waals surface area contributed by atoms with Gasteiger partial charge in [0.15, 0.2) is 0 Å². The number of hydrogen-bond acceptors (Lipinski definition) is 3. The molecule has 0 unspecified atom stereocenters. The van der Waals surface area contributed by atoms with Crippen LogP contribution in [0.5, 0.6) is 11.5 Å². The lowest BCUT2D eigenvalue weighted by Crippen LogP contribution is -2.29. The Morgan fingerprint density at radius 2 is 1.87 bits per heavy atom. The number of fused-ring (bicyclic) bond motifs is 1. The van der Waals surface area contributed by atoms with Crippen LogP contribution in [0.15, 0.2) is 55.1 Å². The van der Waals surface area contributed by atoms with E-state index in [-0.39, 0.29) is 5.75 Å². The lowest BCUT2D eigenvalue weighted by atomic mass is 9.88. The molecule has 2 aromatic rings. The summed E-state index contributed by atoms with van der Waals surface area (Å²) in [7, 11) is 1.60. The molecule has 1 aliphatic heterocycles. The molecule has 1 heterocycles. The Bertz CT molecular complexity index is 800. The molecule has 1 N–H and O–H groups in total. The smallest absolute Gasteiger partial charge is 0.128 e. The normalized spacial score (nSPS) is 15.2. The van der Waals surface area contributed by atoms with Crippen molar-refractivity contribution in [2.75, 3.05) is 7.11 Å². The van der Waals surface area contributed by atoms with Crippen LogP contribution in [-0.4, -0.2) is 17.8 Å². The van der Waals surface area contributed by atoms with E-state index in [0.717, 1.165) is 28.0 Å². The third kappa shape index (κ3) is 2.82. The molecular weight excluding hydrogens is 288 g/mol. The van der Waals surface area contributed by atoms with Crippen molar-refractivity contribution in [3.8, 4) is 11.5 Å². The van der Waals surface area contributed by atoms with Crippen molar-refractivity contribution in [3.63, 3.8) is 0 Å². The molecule has 0 radical (unpaired) electrons. The zero-order valence-corrected chi connectivity index (χ0v) is 13.6. The molecular formula is C20H20O3. The summed E-state index contributed by atoms with van der Waals surface area (Å²) in [5.41, 5.74) is 3.08. The highest BCUT2D eigenvalue weighted by Crippen LogP contribution is 2.42. The van der Waals surface area contributed by atoms with Gasteiger partial charge in [0, 0.05) is 16.7 Å². The SMILES string of the molecule is C=C(OC)c1ccc2c(c1)C(c1ccccc1O)=CC(C)(C)O2. The molecule has 0 fully saturated rings. The molecule has 1 aliphatic rings. The highest BCUT2D eigenvalue weighted by Gasteiger charge is 2.28. The van der Waals surface area contributed by atoms with Gasteiger partial charge in [-0.3, -0.25) is 0 Å². The number of phenols is 1. The molecule has 0 bridgehead atoms. The molecule has 0 amide bonds. The minimum Gasteiger partial charge on any atom is -0.507 e. The topological polar surface area (TPSA) is 38.7 Å². The van der Waals surface area contributed by atoms with Gasteiger partial charge in [-0.1, -0.05) is 24.8 Å². The minimum absolute atomic E-state index is 0.248. The summed E-state index contributed by atoms with van der Waals surface area (Å²) in [6.45, 7) is 7.90. The Morgan fingerprint density at radius 3 is 2.57 bits per heavy atom. The first-order valence-electron chi connectivity index (χ1n) is 7.49. The number of methoxy groups -OCH3 is 1. The lowest BCUT2D eigenvalue weighted by molar-refractivity contribution is 0.158. The predicted octanol–water partition coefficient (Wildman–Crippen LogP) is 4.61. The van der Waals surface area contributed by atoms with Crippen LogP contribution in [0, 0.1) is 0 Å². The van der Waals surface area contributed by atoms with E-state index in [9.17, 15) is 5.11 Å². The summed E-state index contributed by atoms with van der Waals surface area (Å²) >= 11 is 0. The summed E-state index contributed by atoms with van der Waals surface area (Å²) in [6.07, 6.45) is 2.03. The first-order valence-corrected chi connectivity index (χ1v) is 7.49. The van der Waals surface area contributed by atoms with Crippen LogP contribution in [-0.2, 0) is 4.74 Å². The van der Waals surface area contributed by atoms with Crippen LogP contribution in [0.3, 0.4) is 0 Å². The zero-order chi connectivity index (χ0) is 16.6. The van der Waals surface area contributed by atoms with E-state index in [2.05, 4.69) is 6.58 Å². The maximum Gasteiger partial charge on any atom is 0.128 e. The fraction of sp³-hybridized carbons (Fsp3) is 0.200. The molecule has 0 aliphatic carbocycles. The Hall–Kier alpha value is -2.68. The highest BCUT2D eigenvalue weighted by molar-refractivity contribution is 5.88. The Balaban J connectivity index is 2.21. The molecule has 118 valence electrons. The van der Waals surface area contributed by atoms with E-state index in [1.165, 1.54) is 0 Å². The van der Waals surface area contributed by atoms with Gasteiger partial charge in [-0.15, -0.1) is 0 Å². The molecule has 3 rings (SSSR count). The second-order valence-electron chi connectivity index (χ2n) is 6.12. The van der Waals surface area contributed by atoms with Crippen molar-refractivity contribution in [1.29, 1.82) is 0 Å².